The number of alkyl halides is 3. The lowest BCUT2D eigenvalue weighted by Gasteiger charge is -2.39. The van der Waals surface area contributed by atoms with Crippen molar-refractivity contribution in [2.75, 3.05) is 69.0 Å². The van der Waals surface area contributed by atoms with Gasteiger partial charge in [-0.1, -0.05) is 129 Å². The van der Waals surface area contributed by atoms with E-state index in [0.29, 0.717) is 41.8 Å². The van der Waals surface area contributed by atoms with E-state index in [9.17, 15) is 51.5 Å². The number of amides is 11. The highest BCUT2D eigenvalue weighted by Gasteiger charge is 2.49. The Labute approximate surface area is 570 Å². The molecular formula is C70H105ClF3N11O11. The molecule has 2 saturated carbocycles. The predicted molar refractivity (Wildman–Crippen MR) is 359 cm³/mol. The molecule has 0 unspecified atom stereocenters. The Hall–Kier alpha value is -7.31. The minimum atomic E-state index is -4.63. The van der Waals surface area contributed by atoms with E-state index in [1.54, 1.807) is 38.1 Å². The van der Waals surface area contributed by atoms with Crippen molar-refractivity contribution in [1.29, 1.82) is 0 Å². The van der Waals surface area contributed by atoms with Crippen LogP contribution in [0.25, 0.3) is 0 Å². The van der Waals surface area contributed by atoms with E-state index in [1.165, 1.54) is 76.2 Å². The highest BCUT2D eigenvalue weighted by molar-refractivity contribution is 6.30. The van der Waals surface area contributed by atoms with Crippen LogP contribution < -0.4 is 21.3 Å². The molecule has 26 heteroatoms. The average Bonchev–Trinajstić information content (AvgIpc) is 1.49. The van der Waals surface area contributed by atoms with Crippen LogP contribution in [0.15, 0.2) is 48.5 Å². The van der Waals surface area contributed by atoms with Gasteiger partial charge in [-0.25, -0.2) is 0 Å². The van der Waals surface area contributed by atoms with Gasteiger partial charge in [0.15, 0.2) is 0 Å². The topological polar surface area (TPSA) is 259 Å². The molecule has 1 saturated heterocycles. The third-order valence-electron chi connectivity index (χ3n) is 19.3. The summed E-state index contributed by atoms with van der Waals surface area (Å²) in [5.74, 6) is -7.85. The molecule has 0 aromatic heterocycles. The Morgan fingerprint density at radius 3 is 1.66 bits per heavy atom. The number of likely N-dealkylation sites (N-methyl/N-ethyl adjacent to an activating group) is 7. The van der Waals surface area contributed by atoms with Crippen LogP contribution in [0.5, 0.6) is 0 Å². The van der Waals surface area contributed by atoms with Gasteiger partial charge in [0.2, 0.25) is 65.0 Å². The first-order valence-corrected chi connectivity index (χ1v) is 34.3. The summed E-state index contributed by atoms with van der Waals surface area (Å²) in [6.45, 7) is 11.0. The van der Waals surface area contributed by atoms with Crippen molar-refractivity contribution in [3.63, 3.8) is 0 Å². The molecular weight excluding hydrogens is 1260 g/mol. The third-order valence-corrected chi connectivity index (χ3v) is 19.6. The lowest BCUT2D eigenvalue weighted by molar-refractivity contribution is -0.149. The minimum absolute atomic E-state index is 0.0308. The minimum Gasteiger partial charge on any atom is -0.351 e. The van der Waals surface area contributed by atoms with Gasteiger partial charge >= 0.3 is 6.18 Å². The van der Waals surface area contributed by atoms with Gasteiger partial charge in [0.25, 0.3) is 0 Å². The summed E-state index contributed by atoms with van der Waals surface area (Å²) in [5.41, 5.74) is -1.47. The van der Waals surface area contributed by atoms with Crippen LogP contribution in [-0.4, -0.2) is 216 Å². The van der Waals surface area contributed by atoms with Gasteiger partial charge in [-0.3, -0.25) is 52.7 Å². The molecule has 3 fully saturated rings. The number of rotatable bonds is 13. The Kier molecular flexibility index (Phi) is 29.6. The van der Waals surface area contributed by atoms with Gasteiger partial charge in [-0.2, -0.15) is 13.2 Å². The van der Waals surface area contributed by atoms with Crippen molar-refractivity contribution in [1.82, 2.24) is 55.6 Å². The summed E-state index contributed by atoms with van der Waals surface area (Å²) in [6.07, 6.45) is 1.87. The zero-order chi connectivity index (χ0) is 71.7. The van der Waals surface area contributed by atoms with E-state index in [-0.39, 0.29) is 69.1 Å². The number of aryl methyl sites for hydroxylation is 1. The SMILES string of the molecule is CC[C@H](C)[C@@H]1NC(=O)[C@H](CC2CCCCC2)N(C)C(=O)C[C@@H](C)NC(=O)[C@H](CC(C)C)N(C)C(=O)C2(CCCC2)NC(=O)[C@H](CC(C)C)N(C)C(=O)[C@H](CCc2ccc(C(F)(F)F)cc2)NC(=O)CN(C)C(=O)[C@H](Cc2ccc(Cl)cc2)N(C)C(=O)CN(C)C(=O)CN(C)C1=O. The van der Waals surface area contributed by atoms with Crippen molar-refractivity contribution in [3.8, 4) is 0 Å². The van der Waals surface area contributed by atoms with E-state index < -0.39 is 150 Å². The molecule has 8 atom stereocenters. The first-order chi connectivity index (χ1) is 45.0. The highest BCUT2D eigenvalue weighted by atomic mass is 35.5. The molecule has 22 nitrogen and oxygen atoms in total. The lowest BCUT2D eigenvalue weighted by Crippen LogP contribution is -2.64. The predicted octanol–water partition coefficient (Wildman–Crippen LogP) is 6.63. The fraction of sp³-hybridized carbons (Fsp3) is 0.671. The zero-order valence-electron chi connectivity index (χ0n) is 58.7. The Bertz CT molecular complexity index is 3030. The normalized spacial score (nSPS) is 24.8. The molecule has 11 amide bonds. The van der Waals surface area contributed by atoms with Crippen molar-refractivity contribution in [3.05, 3.63) is 70.2 Å². The monoisotopic (exact) mass is 1370 g/mol. The quantitative estimate of drug-likeness (QED) is 0.165. The summed E-state index contributed by atoms with van der Waals surface area (Å²) < 4.78 is 41.0. The van der Waals surface area contributed by atoms with Gasteiger partial charge in [0.05, 0.1) is 25.2 Å². The molecule has 0 bridgehead atoms. The number of hydrogen-bond donors (Lipinski definition) is 4. The molecule has 2 aliphatic carbocycles. The molecule has 96 heavy (non-hydrogen) atoms. The largest absolute Gasteiger partial charge is 0.416 e. The molecule has 534 valence electrons. The number of hydrogen-bond acceptors (Lipinski definition) is 11. The smallest absolute Gasteiger partial charge is 0.351 e. The van der Waals surface area contributed by atoms with Crippen molar-refractivity contribution >= 4 is 76.6 Å². The number of benzene rings is 2. The molecule has 4 N–H and O–H groups in total. The van der Waals surface area contributed by atoms with Gasteiger partial charge in [0, 0.05) is 73.2 Å². The van der Waals surface area contributed by atoms with Crippen LogP contribution in [0, 0.1) is 23.7 Å². The summed E-state index contributed by atoms with van der Waals surface area (Å²) >= 11 is 6.23. The maximum Gasteiger partial charge on any atom is 0.416 e. The number of nitrogens with zero attached hydrogens (tertiary/aromatic N) is 7. The fourth-order valence-electron chi connectivity index (χ4n) is 13.1. The Morgan fingerprint density at radius 1 is 0.562 bits per heavy atom. The van der Waals surface area contributed by atoms with E-state index in [2.05, 4.69) is 21.3 Å². The molecule has 2 aromatic rings. The molecule has 3 aliphatic rings. The van der Waals surface area contributed by atoms with E-state index >= 15 is 14.4 Å². The second-order valence-electron chi connectivity index (χ2n) is 28.0. The lowest BCUT2D eigenvalue weighted by atomic mass is 9.84. The van der Waals surface area contributed by atoms with Gasteiger partial charge in [-0.15, -0.1) is 0 Å². The maximum absolute atomic E-state index is 15.2. The van der Waals surface area contributed by atoms with E-state index in [1.807, 2.05) is 34.6 Å². The van der Waals surface area contributed by atoms with Crippen LogP contribution in [-0.2, 0) is 71.8 Å². The summed E-state index contributed by atoms with van der Waals surface area (Å²) in [6, 6.07) is 2.74. The van der Waals surface area contributed by atoms with Crippen molar-refractivity contribution in [2.24, 2.45) is 23.7 Å². The van der Waals surface area contributed by atoms with Crippen LogP contribution in [0.1, 0.15) is 161 Å². The van der Waals surface area contributed by atoms with Crippen LogP contribution in [0.2, 0.25) is 5.02 Å². The van der Waals surface area contributed by atoms with Gasteiger partial charge < -0.3 is 55.6 Å². The second-order valence-corrected chi connectivity index (χ2v) is 28.5. The molecule has 5 rings (SSSR count). The van der Waals surface area contributed by atoms with Crippen LogP contribution in [0.3, 0.4) is 0 Å². The summed E-state index contributed by atoms with van der Waals surface area (Å²) in [4.78, 5) is 170. The number of carbonyl (C=O) groups excluding carboxylic acids is 11. The summed E-state index contributed by atoms with van der Waals surface area (Å²) in [5, 5.41) is 12.1. The van der Waals surface area contributed by atoms with E-state index in [0.717, 1.165) is 63.8 Å². The van der Waals surface area contributed by atoms with Crippen LogP contribution >= 0.6 is 11.6 Å². The Balaban J connectivity index is 1.59. The second kappa shape index (κ2) is 35.8. The zero-order valence-corrected chi connectivity index (χ0v) is 59.5. The molecule has 0 radical (unpaired) electrons. The van der Waals surface area contributed by atoms with Gasteiger partial charge in [0.1, 0.15) is 41.8 Å². The summed E-state index contributed by atoms with van der Waals surface area (Å²) in [7, 11) is 9.84. The van der Waals surface area contributed by atoms with Crippen molar-refractivity contribution < 1.29 is 65.9 Å². The number of halogens is 4. The van der Waals surface area contributed by atoms with Crippen LogP contribution in [0.4, 0.5) is 13.2 Å². The first-order valence-electron chi connectivity index (χ1n) is 33.9. The molecule has 1 heterocycles. The first kappa shape index (κ1) is 79.4. The van der Waals surface area contributed by atoms with Crippen molar-refractivity contribution in [2.45, 2.75) is 212 Å². The molecule has 2 aromatic carbocycles. The average molecular weight is 1370 g/mol. The maximum atomic E-state index is 15.2. The highest BCUT2D eigenvalue weighted by Crippen LogP contribution is 2.35. The number of carbonyl (C=O) groups is 11. The van der Waals surface area contributed by atoms with E-state index in [4.69, 9.17) is 11.6 Å². The van der Waals surface area contributed by atoms with Gasteiger partial charge in [-0.05, 0) is 111 Å². The Morgan fingerprint density at radius 2 is 1.09 bits per heavy atom. The fourth-order valence-corrected chi connectivity index (χ4v) is 13.2. The third kappa shape index (κ3) is 22.1. The molecule has 1 aliphatic heterocycles. The standard InChI is InChI=1S/C70H105ClF3N11O11/c1-15-45(6)61-67(95)81(10)41-59(88)79(8)42-60(89)83(12)56(39-49-25-30-51(71)31-26-49)66(94)80(9)40-57(86)76-52(32-27-47-23-28-50(29-24-47)70(72,73)74)65(93)84(13)54(36-44(4)5)64(92)78-69(33-19-20-34-69)68(96)85(14)53(35-43(2)3)62(90)75-46(7)37-58(87)82(11)55(63(91)77-61)38-48-21-17-16-18-22-48/h23-26,28-31,43-46,48,52-56,61H,15-22,27,32-42H2,1-14H3,(H,75,90)(H,76,86)(H,77,91)(H,78,92)/t45-,46+,52-,53-,54-,55-,56-,61-/m0/s1. The number of nitrogens with one attached hydrogen (secondary N) is 4. The molecule has 1 spiro atoms.